The maximum atomic E-state index is 12.3. The number of benzene rings is 1. The number of rotatable bonds is 3. The lowest BCUT2D eigenvalue weighted by atomic mass is 10.3. The zero-order valence-corrected chi connectivity index (χ0v) is 11.9. The van der Waals surface area contributed by atoms with Crippen LogP contribution in [0.3, 0.4) is 0 Å². The highest BCUT2D eigenvalue weighted by Gasteiger charge is 2.16. The minimum Gasteiger partial charge on any atom is -0.333 e. The molecule has 3 aromatic rings. The van der Waals surface area contributed by atoms with E-state index in [1.54, 1.807) is 42.2 Å². The summed E-state index contributed by atoms with van der Waals surface area (Å²) in [5.41, 5.74) is 2.42. The van der Waals surface area contributed by atoms with Crippen molar-refractivity contribution in [2.75, 3.05) is 7.05 Å². The standard InChI is InChI=1S/C15H15N5O/c1-19-8-7-16-14(19)15(21)20(2)10-11-9-17-12-5-3-4-6-13(12)18-11/h3-9H,10H2,1-2H3. The summed E-state index contributed by atoms with van der Waals surface area (Å²) in [5, 5.41) is 0. The molecule has 0 aliphatic rings. The van der Waals surface area contributed by atoms with Crippen LogP contribution in [-0.2, 0) is 13.6 Å². The number of para-hydroxylation sites is 2. The average Bonchev–Trinajstić information content (AvgIpc) is 2.92. The van der Waals surface area contributed by atoms with Crippen molar-refractivity contribution in [1.29, 1.82) is 0 Å². The van der Waals surface area contributed by atoms with Gasteiger partial charge in [0.15, 0.2) is 5.82 Å². The molecule has 21 heavy (non-hydrogen) atoms. The third-order valence-electron chi connectivity index (χ3n) is 3.26. The van der Waals surface area contributed by atoms with E-state index in [2.05, 4.69) is 15.0 Å². The maximum absolute atomic E-state index is 12.3. The van der Waals surface area contributed by atoms with Crippen molar-refractivity contribution in [3.63, 3.8) is 0 Å². The highest BCUT2D eigenvalue weighted by atomic mass is 16.2. The number of imidazole rings is 1. The Morgan fingerprint density at radius 2 is 2.00 bits per heavy atom. The van der Waals surface area contributed by atoms with Gasteiger partial charge in [0.2, 0.25) is 0 Å². The van der Waals surface area contributed by atoms with E-state index in [0.29, 0.717) is 12.4 Å². The minimum atomic E-state index is -0.141. The Labute approximate surface area is 122 Å². The zero-order chi connectivity index (χ0) is 14.8. The van der Waals surface area contributed by atoms with Crippen LogP contribution in [0.2, 0.25) is 0 Å². The first-order valence-corrected chi connectivity index (χ1v) is 6.58. The van der Waals surface area contributed by atoms with Gasteiger partial charge in [-0.1, -0.05) is 12.1 Å². The van der Waals surface area contributed by atoms with Crippen LogP contribution in [0.15, 0.2) is 42.9 Å². The minimum absolute atomic E-state index is 0.141. The normalized spacial score (nSPS) is 10.8. The van der Waals surface area contributed by atoms with Crippen LogP contribution >= 0.6 is 0 Å². The molecule has 0 aliphatic carbocycles. The quantitative estimate of drug-likeness (QED) is 0.732. The largest absolute Gasteiger partial charge is 0.333 e. The van der Waals surface area contributed by atoms with Gasteiger partial charge in [-0.15, -0.1) is 0 Å². The van der Waals surface area contributed by atoms with Gasteiger partial charge in [-0.25, -0.2) is 9.97 Å². The molecule has 6 nitrogen and oxygen atoms in total. The molecule has 0 spiro atoms. The molecule has 3 rings (SSSR count). The number of aromatic nitrogens is 4. The Hall–Kier alpha value is -2.76. The van der Waals surface area contributed by atoms with Crippen molar-refractivity contribution >= 4 is 16.9 Å². The predicted molar refractivity (Wildman–Crippen MR) is 78.5 cm³/mol. The molecule has 1 amide bonds. The van der Waals surface area contributed by atoms with Crippen molar-refractivity contribution in [3.05, 3.63) is 54.4 Å². The summed E-state index contributed by atoms with van der Waals surface area (Å²) in [6.45, 7) is 0.392. The van der Waals surface area contributed by atoms with E-state index in [1.807, 2.05) is 24.3 Å². The molecule has 2 aromatic heterocycles. The van der Waals surface area contributed by atoms with Gasteiger partial charge in [0.05, 0.1) is 29.5 Å². The second-order valence-electron chi connectivity index (χ2n) is 4.87. The summed E-state index contributed by atoms with van der Waals surface area (Å²) in [7, 11) is 3.53. The van der Waals surface area contributed by atoms with Crippen LogP contribution in [0.1, 0.15) is 16.3 Å². The number of hydrogen-bond donors (Lipinski definition) is 0. The lowest BCUT2D eigenvalue weighted by Gasteiger charge is -2.16. The van der Waals surface area contributed by atoms with Gasteiger partial charge in [0.1, 0.15) is 0 Å². The van der Waals surface area contributed by atoms with E-state index in [4.69, 9.17) is 0 Å². The van der Waals surface area contributed by atoms with Gasteiger partial charge in [0, 0.05) is 26.5 Å². The molecule has 106 valence electrons. The Morgan fingerprint density at radius 3 is 2.71 bits per heavy atom. The Balaban J connectivity index is 1.81. The third kappa shape index (κ3) is 2.60. The summed E-state index contributed by atoms with van der Waals surface area (Å²) in [6, 6.07) is 7.66. The number of hydrogen-bond acceptors (Lipinski definition) is 4. The van der Waals surface area contributed by atoms with E-state index in [9.17, 15) is 4.79 Å². The monoisotopic (exact) mass is 281 g/mol. The first-order chi connectivity index (χ1) is 10.1. The molecule has 0 bridgehead atoms. The molecule has 0 aliphatic heterocycles. The van der Waals surface area contributed by atoms with Gasteiger partial charge >= 0.3 is 0 Å². The number of nitrogens with zero attached hydrogens (tertiary/aromatic N) is 5. The molecule has 0 fully saturated rings. The summed E-state index contributed by atoms with van der Waals surface area (Å²) in [4.78, 5) is 26.8. The molecule has 0 unspecified atom stereocenters. The smallest absolute Gasteiger partial charge is 0.289 e. The fourth-order valence-corrected chi connectivity index (χ4v) is 2.13. The van der Waals surface area contributed by atoms with Gasteiger partial charge in [0.25, 0.3) is 5.91 Å². The lowest BCUT2D eigenvalue weighted by molar-refractivity contribution is 0.0767. The summed E-state index contributed by atoms with van der Waals surface area (Å²) >= 11 is 0. The molecular formula is C15H15N5O. The molecule has 0 N–H and O–H groups in total. The zero-order valence-electron chi connectivity index (χ0n) is 11.9. The first-order valence-electron chi connectivity index (χ1n) is 6.58. The molecule has 0 atom stereocenters. The highest BCUT2D eigenvalue weighted by Crippen LogP contribution is 2.10. The molecule has 2 heterocycles. The van der Waals surface area contributed by atoms with E-state index < -0.39 is 0 Å². The van der Waals surface area contributed by atoms with Gasteiger partial charge in [-0.05, 0) is 12.1 Å². The SMILES string of the molecule is CN(Cc1cnc2ccccc2n1)C(=O)c1nccn1C. The summed E-state index contributed by atoms with van der Waals surface area (Å²) in [5.74, 6) is 0.267. The van der Waals surface area contributed by atoms with Crippen molar-refractivity contribution in [1.82, 2.24) is 24.4 Å². The van der Waals surface area contributed by atoms with E-state index in [0.717, 1.165) is 16.7 Å². The molecule has 0 radical (unpaired) electrons. The van der Waals surface area contributed by atoms with E-state index in [1.165, 1.54) is 0 Å². The van der Waals surface area contributed by atoms with E-state index >= 15 is 0 Å². The van der Waals surface area contributed by atoms with Crippen molar-refractivity contribution in [2.24, 2.45) is 7.05 Å². The first kappa shape index (κ1) is 13.2. The van der Waals surface area contributed by atoms with Crippen molar-refractivity contribution < 1.29 is 4.79 Å². The lowest BCUT2D eigenvalue weighted by Crippen LogP contribution is -2.29. The van der Waals surface area contributed by atoms with Crippen LogP contribution in [0.4, 0.5) is 0 Å². The number of carbonyl (C=O) groups is 1. The second kappa shape index (κ2) is 5.32. The fourth-order valence-electron chi connectivity index (χ4n) is 2.13. The van der Waals surface area contributed by atoms with Crippen LogP contribution in [0, 0.1) is 0 Å². The average molecular weight is 281 g/mol. The van der Waals surface area contributed by atoms with Gasteiger partial charge < -0.3 is 9.47 Å². The summed E-state index contributed by atoms with van der Waals surface area (Å²) in [6.07, 6.45) is 5.05. The molecular weight excluding hydrogens is 266 g/mol. The predicted octanol–water partition coefficient (Wildman–Crippen LogP) is 1.64. The molecule has 0 saturated heterocycles. The third-order valence-corrected chi connectivity index (χ3v) is 3.26. The molecule has 1 aromatic carbocycles. The van der Waals surface area contributed by atoms with Crippen molar-refractivity contribution in [2.45, 2.75) is 6.54 Å². The second-order valence-corrected chi connectivity index (χ2v) is 4.87. The van der Waals surface area contributed by atoms with Gasteiger partial charge in [-0.3, -0.25) is 9.78 Å². The van der Waals surface area contributed by atoms with Crippen LogP contribution in [0.5, 0.6) is 0 Å². The van der Waals surface area contributed by atoms with Crippen LogP contribution in [-0.4, -0.2) is 37.4 Å². The fraction of sp³-hybridized carbons (Fsp3) is 0.200. The van der Waals surface area contributed by atoms with Gasteiger partial charge in [-0.2, -0.15) is 0 Å². The highest BCUT2D eigenvalue weighted by molar-refractivity contribution is 5.90. The van der Waals surface area contributed by atoms with Crippen molar-refractivity contribution in [3.8, 4) is 0 Å². The maximum Gasteiger partial charge on any atom is 0.289 e. The number of fused-ring (bicyclic) bond motifs is 1. The topological polar surface area (TPSA) is 63.9 Å². The number of aryl methyl sites for hydroxylation is 1. The number of carbonyl (C=O) groups excluding carboxylic acids is 1. The van der Waals surface area contributed by atoms with E-state index in [-0.39, 0.29) is 5.91 Å². The summed E-state index contributed by atoms with van der Waals surface area (Å²) < 4.78 is 1.70. The Morgan fingerprint density at radius 1 is 1.24 bits per heavy atom. The Bertz CT molecular complexity index is 795. The van der Waals surface area contributed by atoms with Crippen LogP contribution in [0.25, 0.3) is 11.0 Å². The molecule has 6 heteroatoms. The molecule has 0 saturated carbocycles. The van der Waals surface area contributed by atoms with Crippen LogP contribution < -0.4 is 0 Å². The number of amides is 1. The Kier molecular flexibility index (Phi) is 3.35.